The number of ether oxygens (including phenoxy) is 1. The summed E-state index contributed by atoms with van der Waals surface area (Å²) in [6.07, 6.45) is 3.32. The van der Waals surface area contributed by atoms with Crippen molar-refractivity contribution in [3.05, 3.63) is 35.9 Å². The third kappa shape index (κ3) is 4.92. The highest BCUT2D eigenvalue weighted by molar-refractivity contribution is 5.68. The molecule has 1 rings (SSSR count). The van der Waals surface area contributed by atoms with Crippen LogP contribution in [0.4, 0.5) is 0 Å². The second-order valence-corrected chi connectivity index (χ2v) is 4.71. The smallest absolute Gasteiger partial charge is 0.126 e. The van der Waals surface area contributed by atoms with Gasteiger partial charge in [0.25, 0.3) is 0 Å². The van der Waals surface area contributed by atoms with Gasteiger partial charge in [0.1, 0.15) is 5.75 Å². The molecular formula is C16H25NO. The van der Waals surface area contributed by atoms with Crippen LogP contribution in [0.25, 0.3) is 5.57 Å². The van der Waals surface area contributed by atoms with Crippen LogP contribution in [-0.4, -0.2) is 19.2 Å². The van der Waals surface area contributed by atoms with E-state index >= 15 is 0 Å². The van der Waals surface area contributed by atoms with E-state index < -0.39 is 0 Å². The minimum absolute atomic E-state index is 0.550. The number of nitrogens with one attached hydrogen (secondary N) is 1. The Morgan fingerprint density at radius 3 is 2.72 bits per heavy atom. The molecule has 0 radical (unpaired) electrons. The van der Waals surface area contributed by atoms with E-state index in [0.717, 1.165) is 18.7 Å². The van der Waals surface area contributed by atoms with Gasteiger partial charge in [-0.05, 0) is 38.5 Å². The van der Waals surface area contributed by atoms with Crippen molar-refractivity contribution in [3.8, 4) is 5.75 Å². The van der Waals surface area contributed by atoms with E-state index in [1.54, 1.807) is 0 Å². The molecule has 0 saturated heterocycles. The van der Waals surface area contributed by atoms with Crippen molar-refractivity contribution in [2.24, 2.45) is 0 Å². The summed E-state index contributed by atoms with van der Waals surface area (Å²) in [5, 5.41) is 3.42. The number of hydrogen-bond donors (Lipinski definition) is 1. The van der Waals surface area contributed by atoms with E-state index in [4.69, 9.17) is 4.74 Å². The lowest BCUT2D eigenvalue weighted by atomic mass is 10.1. The number of benzene rings is 1. The molecule has 0 unspecified atom stereocenters. The Morgan fingerprint density at radius 2 is 2.06 bits per heavy atom. The lowest BCUT2D eigenvalue weighted by molar-refractivity contribution is 0.339. The fourth-order valence-corrected chi connectivity index (χ4v) is 1.84. The molecule has 18 heavy (non-hydrogen) atoms. The average molecular weight is 247 g/mol. The van der Waals surface area contributed by atoms with Gasteiger partial charge in [0.15, 0.2) is 0 Å². The minimum atomic E-state index is 0.550. The van der Waals surface area contributed by atoms with Crippen molar-refractivity contribution in [1.29, 1.82) is 0 Å². The Labute approximate surface area is 111 Å². The first-order chi connectivity index (χ1) is 8.65. The molecule has 0 atom stereocenters. The summed E-state index contributed by atoms with van der Waals surface area (Å²) >= 11 is 0. The largest absolute Gasteiger partial charge is 0.493 e. The molecule has 1 N–H and O–H groups in total. The molecule has 0 bridgehead atoms. The third-order valence-electron chi connectivity index (χ3n) is 2.76. The summed E-state index contributed by atoms with van der Waals surface area (Å²) in [6, 6.07) is 8.77. The SMILES string of the molecule is CCOc1ccccc1C(C)=CCCNC(C)C. The Kier molecular flexibility index (Phi) is 6.51. The average Bonchev–Trinajstić information content (AvgIpc) is 2.35. The zero-order valence-electron chi connectivity index (χ0n) is 12.0. The van der Waals surface area contributed by atoms with Crippen molar-refractivity contribution in [1.82, 2.24) is 5.32 Å². The van der Waals surface area contributed by atoms with Gasteiger partial charge < -0.3 is 10.1 Å². The maximum Gasteiger partial charge on any atom is 0.126 e. The number of rotatable bonds is 7. The fourth-order valence-electron chi connectivity index (χ4n) is 1.84. The molecule has 1 aromatic carbocycles. The van der Waals surface area contributed by atoms with Gasteiger partial charge in [-0.15, -0.1) is 0 Å². The van der Waals surface area contributed by atoms with E-state index in [2.05, 4.69) is 44.3 Å². The van der Waals surface area contributed by atoms with Crippen molar-refractivity contribution in [3.63, 3.8) is 0 Å². The van der Waals surface area contributed by atoms with E-state index in [0.29, 0.717) is 12.6 Å². The molecule has 0 spiro atoms. The second kappa shape index (κ2) is 7.93. The normalized spacial score (nSPS) is 11.9. The first kappa shape index (κ1) is 14.8. The summed E-state index contributed by atoms with van der Waals surface area (Å²) in [5.74, 6) is 0.977. The fraction of sp³-hybridized carbons (Fsp3) is 0.500. The van der Waals surface area contributed by atoms with E-state index in [-0.39, 0.29) is 0 Å². The first-order valence-corrected chi connectivity index (χ1v) is 6.77. The van der Waals surface area contributed by atoms with Crippen molar-refractivity contribution in [2.45, 2.75) is 40.2 Å². The van der Waals surface area contributed by atoms with Gasteiger partial charge in [-0.1, -0.05) is 38.1 Å². The summed E-state index contributed by atoms with van der Waals surface area (Å²) in [4.78, 5) is 0. The monoisotopic (exact) mass is 247 g/mol. The van der Waals surface area contributed by atoms with E-state index in [1.165, 1.54) is 11.1 Å². The van der Waals surface area contributed by atoms with Gasteiger partial charge in [-0.2, -0.15) is 0 Å². The summed E-state index contributed by atoms with van der Waals surface area (Å²) in [7, 11) is 0. The second-order valence-electron chi connectivity index (χ2n) is 4.71. The molecule has 0 fully saturated rings. The van der Waals surface area contributed by atoms with E-state index in [1.807, 2.05) is 19.1 Å². The van der Waals surface area contributed by atoms with Crippen LogP contribution in [0.1, 0.15) is 39.7 Å². The van der Waals surface area contributed by atoms with Crippen LogP contribution < -0.4 is 10.1 Å². The summed E-state index contributed by atoms with van der Waals surface area (Å²) in [6.45, 7) is 10.2. The third-order valence-corrected chi connectivity index (χ3v) is 2.76. The van der Waals surface area contributed by atoms with Gasteiger partial charge in [0, 0.05) is 11.6 Å². The van der Waals surface area contributed by atoms with Gasteiger partial charge in [-0.3, -0.25) is 0 Å². The predicted octanol–water partition coefficient (Wildman–Crippen LogP) is 3.88. The van der Waals surface area contributed by atoms with Crippen LogP contribution in [0.15, 0.2) is 30.3 Å². The number of allylic oxidation sites excluding steroid dienone is 1. The molecule has 0 aliphatic carbocycles. The molecule has 1 aromatic rings. The Hall–Kier alpha value is -1.28. The molecule has 2 heteroatoms. The van der Waals surface area contributed by atoms with Crippen LogP contribution in [-0.2, 0) is 0 Å². The van der Waals surface area contributed by atoms with Crippen LogP contribution in [0.5, 0.6) is 5.75 Å². The van der Waals surface area contributed by atoms with Crippen LogP contribution >= 0.6 is 0 Å². The summed E-state index contributed by atoms with van der Waals surface area (Å²) in [5.41, 5.74) is 2.48. The lowest BCUT2D eigenvalue weighted by Gasteiger charge is -2.11. The maximum atomic E-state index is 5.65. The van der Waals surface area contributed by atoms with E-state index in [9.17, 15) is 0 Å². The molecular weight excluding hydrogens is 222 g/mol. The van der Waals surface area contributed by atoms with Gasteiger partial charge in [0.2, 0.25) is 0 Å². The van der Waals surface area contributed by atoms with Crippen molar-refractivity contribution in [2.75, 3.05) is 13.2 Å². The molecule has 0 amide bonds. The molecule has 0 aliphatic rings. The topological polar surface area (TPSA) is 21.3 Å². The predicted molar refractivity (Wildman–Crippen MR) is 79.0 cm³/mol. The lowest BCUT2D eigenvalue weighted by Crippen LogP contribution is -2.23. The van der Waals surface area contributed by atoms with Crippen molar-refractivity contribution >= 4 is 5.57 Å². The van der Waals surface area contributed by atoms with Gasteiger partial charge in [0.05, 0.1) is 6.61 Å². The molecule has 0 aliphatic heterocycles. The van der Waals surface area contributed by atoms with Crippen molar-refractivity contribution < 1.29 is 4.74 Å². The Morgan fingerprint density at radius 1 is 1.33 bits per heavy atom. The first-order valence-electron chi connectivity index (χ1n) is 6.77. The Balaban J connectivity index is 2.64. The highest BCUT2D eigenvalue weighted by Crippen LogP contribution is 2.25. The molecule has 0 heterocycles. The minimum Gasteiger partial charge on any atom is -0.493 e. The number of para-hydroxylation sites is 1. The van der Waals surface area contributed by atoms with Crippen LogP contribution in [0.2, 0.25) is 0 Å². The Bertz CT molecular complexity index is 382. The zero-order chi connectivity index (χ0) is 13.4. The quantitative estimate of drug-likeness (QED) is 0.738. The number of hydrogen-bond acceptors (Lipinski definition) is 2. The molecule has 100 valence electrons. The zero-order valence-corrected chi connectivity index (χ0v) is 12.0. The molecule has 0 aromatic heterocycles. The highest BCUT2D eigenvalue weighted by atomic mass is 16.5. The van der Waals surface area contributed by atoms with Crippen LogP contribution in [0, 0.1) is 0 Å². The van der Waals surface area contributed by atoms with Gasteiger partial charge >= 0.3 is 0 Å². The summed E-state index contributed by atoms with van der Waals surface area (Å²) < 4.78 is 5.65. The van der Waals surface area contributed by atoms with Gasteiger partial charge in [-0.25, -0.2) is 0 Å². The standard InChI is InChI=1S/C16H25NO/c1-5-18-16-11-7-6-10-15(16)14(4)9-8-12-17-13(2)3/h6-7,9-11,13,17H,5,8,12H2,1-4H3. The maximum absolute atomic E-state index is 5.65. The molecule has 0 saturated carbocycles. The highest BCUT2D eigenvalue weighted by Gasteiger charge is 2.03. The van der Waals surface area contributed by atoms with Crippen LogP contribution in [0.3, 0.4) is 0 Å². The molecule has 2 nitrogen and oxygen atoms in total.